The quantitative estimate of drug-likeness (QED) is 0.626. The van der Waals surface area contributed by atoms with Gasteiger partial charge in [-0.1, -0.05) is 18.2 Å². The maximum absolute atomic E-state index is 12.9. The van der Waals surface area contributed by atoms with E-state index in [1.165, 1.54) is 18.4 Å². The summed E-state index contributed by atoms with van der Waals surface area (Å²) in [6.07, 6.45) is 2.02. The number of carbonyl (C=O) groups excluding carboxylic acids is 2. The number of rotatable bonds is 8. The number of ether oxygens (including phenoxy) is 1. The summed E-state index contributed by atoms with van der Waals surface area (Å²) in [5, 5.41) is 5.43. The smallest absolute Gasteiger partial charge is 0.291 e. The molecule has 3 aromatic rings. The van der Waals surface area contributed by atoms with Crippen molar-refractivity contribution >= 4 is 17.5 Å². The van der Waals surface area contributed by atoms with Crippen molar-refractivity contribution in [2.45, 2.75) is 6.42 Å². The van der Waals surface area contributed by atoms with Gasteiger partial charge in [0.05, 0.1) is 6.26 Å². The van der Waals surface area contributed by atoms with Gasteiger partial charge in [0, 0.05) is 18.3 Å². The fourth-order valence-electron chi connectivity index (χ4n) is 2.46. The molecule has 0 saturated carbocycles. The molecule has 0 radical (unpaired) electrons. The van der Waals surface area contributed by atoms with Gasteiger partial charge in [0.2, 0.25) is 0 Å². The van der Waals surface area contributed by atoms with Crippen LogP contribution in [0.25, 0.3) is 0 Å². The first-order valence-corrected chi connectivity index (χ1v) is 8.69. The number of furan rings is 1. The van der Waals surface area contributed by atoms with Crippen molar-refractivity contribution in [3.63, 3.8) is 0 Å². The van der Waals surface area contributed by atoms with Crippen LogP contribution in [0.15, 0.2) is 71.3 Å². The normalized spacial score (nSPS) is 10.3. The van der Waals surface area contributed by atoms with Gasteiger partial charge >= 0.3 is 0 Å². The Bertz CT molecular complexity index is 924. The Kier molecular flexibility index (Phi) is 6.41. The van der Waals surface area contributed by atoms with Gasteiger partial charge in [0.15, 0.2) is 12.4 Å². The van der Waals surface area contributed by atoms with E-state index >= 15 is 0 Å². The molecule has 28 heavy (non-hydrogen) atoms. The minimum atomic E-state index is -0.374. The van der Waals surface area contributed by atoms with Gasteiger partial charge in [-0.2, -0.15) is 0 Å². The second kappa shape index (κ2) is 9.36. The molecule has 2 N–H and O–H groups in total. The maximum Gasteiger partial charge on any atom is 0.291 e. The molecule has 2 aromatic carbocycles. The van der Waals surface area contributed by atoms with E-state index in [1.54, 1.807) is 48.5 Å². The molecule has 0 bridgehead atoms. The molecule has 3 rings (SSSR count). The van der Waals surface area contributed by atoms with Crippen LogP contribution in [0.1, 0.15) is 16.1 Å². The predicted molar refractivity (Wildman–Crippen MR) is 102 cm³/mol. The molecular weight excluding hydrogens is 363 g/mol. The fourth-order valence-corrected chi connectivity index (χ4v) is 2.46. The Labute approximate surface area is 161 Å². The monoisotopic (exact) mass is 382 g/mol. The third-order valence-corrected chi connectivity index (χ3v) is 3.86. The second-order valence-corrected chi connectivity index (χ2v) is 5.97. The van der Waals surface area contributed by atoms with Gasteiger partial charge in [-0.05, 0) is 48.4 Å². The molecule has 0 aliphatic heterocycles. The zero-order chi connectivity index (χ0) is 19.8. The molecule has 0 atom stereocenters. The average molecular weight is 382 g/mol. The number of amides is 2. The molecule has 0 saturated heterocycles. The Morgan fingerprint density at radius 2 is 1.86 bits per heavy atom. The van der Waals surface area contributed by atoms with Crippen LogP contribution in [0.2, 0.25) is 0 Å². The summed E-state index contributed by atoms with van der Waals surface area (Å²) in [5.74, 6) is -0.283. The molecule has 144 valence electrons. The highest BCUT2D eigenvalue weighted by atomic mass is 19.1. The molecule has 2 amide bonds. The van der Waals surface area contributed by atoms with E-state index in [4.69, 9.17) is 9.15 Å². The van der Waals surface area contributed by atoms with Gasteiger partial charge in [0.25, 0.3) is 11.8 Å². The highest BCUT2D eigenvalue weighted by molar-refractivity contribution is 6.02. The Morgan fingerprint density at radius 3 is 2.61 bits per heavy atom. The van der Waals surface area contributed by atoms with E-state index in [9.17, 15) is 14.0 Å². The number of carbonyl (C=O) groups is 2. The standard InChI is InChI=1S/C21H19FN2O4/c22-16-8-6-15(7-9-16)10-11-23-20(25)14-28-18-4-1-3-17(13-18)24-21(26)19-5-2-12-27-19/h1-9,12-13H,10-11,14H2,(H,23,25)(H,24,26). The van der Waals surface area contributed by atoms with Gasteiger partial charge in [-0.15, -0.1) is 0 Å². The van der Waals surface area contributed by atoms with E-state index in [1.807, 2.05) is 0 Å². The first-order valence-electron chi connectivity index (χ1n) is 8.69. The summed E-state index contributed by atoms with van der Waals surface area (Å²) in [6, 6.07) is 16.0. The highest BCUT2D eigenvalue weighted by Gasteiger charge is 2.09. The predicted octanol–water partition coefficient (Wildman–Crippen LogP) is 3.41. The molecule has 7 heteroatoms. The first-order chi connectivity index (χ1) is 13.6. The van der Waals surface area contributed by atoms with Crippen LogP contribution in [0.4, 0.5) is 10.1 Å². The van der Waals surface area contributed by atoms with Crippen LogP contribution >= 0.6 is 0 Å². The molecule has 0 spiro atoms. The summed E-state index contributed by atoms with van der Waals surface area (Å²) in [7, 11) is 0. The zero-order valence-electron chi connectivity index (χ0n) is 15.0. The van der Waals surface area contributed by atoms with Gasteiger partial charge in [-0.3, -0.25) is 9.59 Å². The SMILES string of the molecule is O=C(COc1cccc(NC(=O)c2ccco2)c1)NCCc1ccc(F)cc1. The van der Waals surface area contributed by atoms with Crippen molar-refractivity contribution in [1.29, 1.82) is 0 Å². The number of halogens is 1. The van der Waals surface area contributed by atoms with E-state index in [0.717, 1.165) is 5.56 Å². The van der Waals surface area contributed by atoms with E-state index < -0.39 is 0 Å². The van der Waals surface area contributed by atoms with E-state index in [0.29, 0.717) is 24.4 Å². The Hall–Kier alpha value is -3.61. The average Bonchev–Trinajstić information content (AvgIpc) is 3.23. The van der Waals surface area contributed by atoms with E-state index in [-0.39, 0.29) is 30.0 Å². The lowest BCUT2D eigenvalue weighted by Gasteiger charge is -2.09. The lowest BCUT2D eigenvalue weighted by molar-refractivity contribution is -0.123. The third kappa shape index (κ3) is 5.70. The van der Waals surface area contributed by atoms with Crippen LogP contribution in [0.3, 0.4) is 0 Å². The van der Waals surface area contributed by atoms with Crippen molar-refractivity contribution in [3.05, 3.63) is 84.1 Å². The van der Waals surface area contributed by atoms with Crippen molar-refractivity contribution in [1.82, 2.24) is 5.32 Å². The van der Waals surface area contributed by atoms with Crippen LogP contribution < -0.4 is 15.4 Å². The van der Waals surface area contributed by atoms with E-state index in [2.05, 4.69) is 10.6 Å². The zero-order valence-corrected chi connectivity index (χ0v) is 15.0. The van der Waals surface area contributed by atoms with Crippen molar-refractivity contribution in [2.24, 2.45) is 0 Å². The topological polar surface area (TPSA) is 80.6 Å². The van der Waals surface area contributed by atoms with Gasteiger partial charge < -0.3 is 19.8 Å². The fraction of sp³-hybridized carbons (Fsp3) is 0.143. The highest BCUT2D eigenvalue weighted by Crippen LogP contribution is 2.18. The van der Waals surface area contributed by atoms with Crippen LogP contribution in [-0.4, -0.2) is 25.0 Å². The summed E-state index contributed by atoms with van der Waals surface area (Å²) < 4.78 is 23.4. The molecule has 1 aromatic heterocycles. The van der Waals surface area contributed by atoms with Crippen LogP contribution in [-0.2, 0) is 11.2 Å². The summed E-state index contributed by atoms with van der Waals surface area (Å²) >= 11 is 0. The van der Waals surface area contributed by atoms with Crippen LogP contribution in [0, 0.1) is 5.82 Å². The van der Waals surface area contributed by atoms with Gasteiger partial charge in [0.1, 0.15) is 11.6 Å². The first kappa shape index (κ1) is 19.2. The largest absolute Gasteiger partial charge is 0.484 e. The van der Waals surface area contributed by atoms with Gasteiger partial charge in [-0.25, -0.2) is 4.39 Å². The summed E-state index contributed by atoms with van der Waals surface area (Å²) in [6.45, 7) is 0.270. The number of nitrogens with one attached hydrogen (secondary N) is 2. The minimum Gasteiger partial charge on any atom is -0.484 e. The third-order valence-electron chi connectivity index (χ3n) is 3.86. The Balaban J connectivity index is 1.43. The lowest BCUT2D eigenvalue weighted by atomic mass is 10.1. The maximum atomic E-state index is 12.9. The summed E-state index contributed by atoms with van der Waals surface area (Å²) in [5.41, 5.74) is 1.46. The molecule has 0 aliphatic rings. The number of anilines is 1. The molecular formula is C21H19FN2O4. The minimum absolute atomic E-state index is 0.154. The molecule has 0 unspecified atom stereocenters. The number of benzene rings is 2. The molecule has 0 aliphatic carbocycles. The van der Waals surface area contributed by atoms with Crippen molar-refractivity contribution in [2.75, 3.05) is 18.5 Å². The molecule has 6 nitrogen and oxygen atoms in total. The van der Waals surface area contributed by atoms with Crippen molar-refractivity contribution in [3.8, 4) is 5.75 Å². The molecule has 0 fully saturated rings. The molecule has 1 heterocycles. The Morgan fingerprint density at radius 1 is 1.04 bits per heavy atom. The summed E-state index contributed by atoms with van der Waals surface area (Å²) in [4.78, 5) is 23.9. The van der Waals surface area contributed by atoms with Crippen molar-refractivity contribution < 1.29 is 23.1 Å². The number of hydrogen-bond donors (Lipinski definition) is 2. The lowest BCUT2D eigenvalue weighted by Crippen LogP contribution is -2.30. The number of hydrogen-bond acceptors (Lipinski definition) is 4. The van der Waals surface area contributed by atoms with Crippen LogP contribution in [0.5, 0.6) is 5.75 Å². The second-order valence-electron chi connectivity index (χ2n) is 5.97.